The highest BCUT2D eigenvalue weighted by Crippen LogP contribution is 2.17. The zero-order chi connectivity index (χ0) is 10.4. The molecule has 1 saturated heterocycles. The van der Waals surface area contributed by atoms with Crippen molar-refractivity contribution in [2.24, 2.45) is 5.73 Å². The molecule has 82 valence electrons. The number of carbonyl (C=O) groups is 1. The van der Waals surface area contributed by atoms with E-state index in [0.717, 1.165) is 32.4 Å². The molecule has 1 aliphatic heterocycles. The fourth-order valence-corrected chi connectivity index (χ4v) is 1.80. The van der Waals surface area contributed by atoms with Crippen LogP contribution in [0.4, 0.5) is 0 Å². The van der Waals surface area contributed by atoms with Crippen LogP contribution in [0.3, 0.4) is 0 Å². The maximum absolute atomic E-state index is 10.9. The number of primary amides is 1. The Hall–Kier alpha value is -0.610. The van der Waals surface area contributed by atoms with Crippen LogP contribution in [-0.4, -0.2) is 31.2 Å². The van der Waals surface area contributed by atoms with Crippen LogP contribution < -0.4 is 11.1 Å². The summed E-state index contributed by atoms with van der Waals surface area (Å²) in [6.07, 6.45) is 3.74. The van der Waals surface area contributed by atoms with E-state index in [4.69, 9.17) is 10.5 Å². The fourth-order valence-electron chi connectivity index (χ4n) is 1.80. The first kappa shape index (κ1) is 11.5. The average molecular weight is 200 g/mol. The van der Waals surface area contributed by atoms with Crippen LogP contribution in [0, 0.1) is 0 Å². The molecule has 2 unspecified atom stereocenters. The number of carbonyl (C=O) groups excluding carboxylic acids is 1. The molecule has 1 amide bonds. The van der Waals surface area contributed by atoms with E-state index in [9.17, 15) is 4.79 Å². The van der Waals surface area contributed by atoms with E-state index in [1.165, 1.54) is 0 Å². The van der Waals surface area contributed by atoms with Gasteiger partial charge in [0.05, 0.1) is 6.10 Å². The van der Waals surface area contributed by atoms with Crippen LogP contribution in [0.15, 0.2) is 0 Å². The van der Waals surface area contributed by atoms with Crippen molar-refractivity contribution in [3.05, 3.63) is 0 Å². The maximum Gasteiger partial charge on any atom is 0.219 e. The molecule has 4 nitrogen and oxygen atoms in total. The van der Waals surface area contributed by atoms with Gasteiger partial charge in [0.2, 0.25) is 5.91 Å². The molecular weight excluding hydrogens is 180 g/mol. The summed E-state index contributed by atoms with van der Waals surface area (Å²) in [5.41, 5.74) is 5.20. The molecule has 1 fully saturated rings. The van der Waals surface area contributed by atoms with Crippen LogP contribution in [-0.2, 0) is 9.53 Å². The number of rotatable bonds is 6. The molecule has 0 saturated carbocycles. The molecule has 0 aliphatic carbocycles. The summed E-state index contributed by atoms with van der Waals surface area (Å²) in [4.78, 5) is 10.9. The lowest BCUT2D eigenvalue weighted by molar-refractivity contribution is -0.119. The van der Waals surface area contributed by atoms with E-state index in [1.54, 1.807) is 0 Å². The van der Waals surface area contributed by atoms with Crippen molar-refractivity contribution in [3.8, 4) is 0 Å². The predicted octanol–water partition coefficient (Wildman–Crippen LogP) is 0.409. The average Bonchev–Trinajstić information content (AvgIpc) is 2.64. The Balaban J connectivity index is 2.37. The fraction of sp³-hybridized carbons (Fsp3) is 0.900. The minimum Gasteiger partial charge on any atom is -0.377 e. The highest BCUT2D eigenvalue weighted by molar-refractivity contribution is 5.74. The molecule has 14 heavy (non-hydrogen) atoms. The third kappa shape index (κ3) is 3.64. The summed E-state index contributed by atoms with van der Waals surface area (Å²) in [6.45, 7) is 3.83. The van der Waals surface area contributed by atoms with Gasteiger partial charge in [0.25, 0.3) is 0 Å². The van der Waals surface area contributed by atoms with Crippen LogP contribution in [0.2, 0.25) is 0 Å². The second-order valence-electron chi connectivity index (χ2n) is 3.78. The van der Waals surface area contributed by atoms with Crippen molar-refractivity contribution in [1.29, 1.82) is 0 Å². The summed E-state index contributed by atoms with van der Waals surface area (Å²) in [5, 5.41) is 3.32. The third-order valence-corrected chi connectivity index (χ3v) is 2.49. The lowest BCUT2D eigenvalue weighted by Gasteiger charge is -2.22. The lowest BCUT2D eigenvalue weighted by Crippen LogP contribution is -2.42. The van der Waals surface area contributed by atoms with Gasteiger partial charge in [-0.2, -0.15) is 0 Å². The first-order chi connectivity index (χ1) is 6.74. The van der Waals surface area contributed by atoms with Gasteiger partial charge in [0.15, 0.2) is 0 Å². The molecule has 1 aliphatic rings. The predicted molar refractivity (Wildman–Crippen MR) is 54.9 cm³/mol. The highest BCUT2D eigenvalue weighted by Gasteiger charge is 2.26. The Labute approximate surface area is 85.2 Å². The Bertz CT molecular complexity index is 179. The van der Waals surface area contributed by atoms with Gasteiger partial charge in [0, 0.05) is 19.1 Å². The van der Waals surface area contributed by atoms with E-state index in [0.29, 0.717) is 6.42 Å². The second kappa shape index (κ2) is 5.98. The first-order valence-electron chi connectivity index (χ1n) is 5.37. The zero-order valence-corrected chi connectivity index (χ0v) is 8.79. The molecular formula is C10H20N2O2. The highest BCUT2D eigenvalue weighted by atomic mass is 16.5. The largest absolute Gasteiger partial charge is 0.377 e. The zero-order valence-electron chi connectivity index (χ0n) is 8.79. The van der Waals surface area contributed by atoms with E-state index in [-0.39, 0.29) is 18.1 Å². The molecule has 0 aromatic heterocycles. The molecule has 0 aromatic rings. The third-order valence-electron chi connectivity index (χ3n) is 2.49. The van der Waals surface area contributed by atoms with E-state index in [2.05, 4.69) is 12.2 Å². The molecule has 0 bridgehead atoms. The minimum absolute atomic E-state index is 0.106. The van der Waals surface area contributed by atoms with Crippen LogP contribution in [0.25, 0.3) is 0 Å². The molecule has 2 atom stereocenters. The van der Waals surface area contributed by atoms with Gasteiger partial charge in [-0.25, -0.2) is 0 Å². The molecule has 4 heteroatoms. The molecule has 0 aromatic carbocycles. The smallest absolute Gasteiger partial charge is 0.219 e. The van der Waals surface area contributed by atoms with Gasteiger partial charge < -0.3 is 15.8 Å². The number of ether oxygens (including phenoxy) is 1. The molecule has 1 rings (SSSR count). The number of hydrogen-bond acceptors (Lipinski definition) is 3. The summed E-state index contributed by atoms with van der Waals surface area (Å²) < 4.78 is 5.54. The molecule has 0 radical (unpaired) electrons. The van der Waals surface area contributed by atoms with Gasteiger partial charge in [-0.15, -0.1) is 0 Å². The Morgan fingerprint density at radius 3 is 3.00 bits per heavy atom. The van der Waals surface area contributed by atoms with Crippen molar-refractivity contribution in [2.75, 3.05) is 13.2 Å². The number of amides is 1. The minimum atomic E-state index is -0.255. The molecule has 3 N–H and O–H groups in total. The van der Waals surface area contributed by atoms with Crippen molar-refractivity contribution in [2.45, 2.75) is 44.8 Å². The van der Waals surface area contributed by atoms with Crippen LogP contribution in [0.5, 0.6) is 0 Å². The summed E-state index contributed by atoms with van der Waals surface area (Å²) >= 11 is 0. The first-order valence-corrected chi connectivity index (χ1v) is 5.37. The van der Waals surface area contributed by atoms with Gasteiger partial charge in [0.1, 0.15) is 0 Å². The normalized spacial score (nSPS) is 23.6. The van der Waals surface area contributed by atoms with Crippen molar-refractivity contribution in [3.63, 3.8) is 0 Å². The van der Waals surface area contributed by atoms with Crippen molar-refractivity contribution in [1.82, 2.24) is 5.32 Å². The Morgan fingerprint density at radius 2 is 2.50 bits per heavy atom. The van der Waals surface area contributed by atoms with Gasteiger partial charge in [-0.1, -0.05) is 6.92 Å². The van der Waals surface area contributed by atoms with Gasteiger partial charge in [-0.05, 0) is 25.8 Å². The number of hydrogen-bond donors (Lipinski definition) is 2. The number of nitrogens with two attached hydrogens (primary N) is 1. The topological polar surface area (TPSA) is 64.3 Å². The standard InChI is InChI=1S/C10H20N2O2/c1-2-5-12-8(7-10(11)13)9-4-3-6-14-9/h8-9,12H,2-7H2,1H3,(H2,11,13). The number of nitrogens with one attached hydrogen (secondary N) is 1. The van der Waals surface area contributed by atoms with Gasteiger partial charge in [-0.3, -0.25) is 4.79 Å². The SMILES string of the molecule is CCCNC(CC(N)=O)C1CCCO1. The monoisotopic (exact) mass is 200 g/mol. The summed E-state index contributed by atoms with van der Waals surface area (Å²) in [6, 6.07) is 0.106. The van der Waals surface area contributed by atoms with Crippen LogP contribution >= 0.6 is 0 Å². The van der Waals surface area contributed by atoms with Gasteiger partial charge >= 0.3 is 0 Å². The maximum atomic E-state index is 10.9. The van der Waals surface area contributed by atoms with E-state index < -0.39 is 0 Å². The van der Waals surface area contributed by atoms with E-state index >= 15 is 0 Å². The molecule has 0 spiro atoms. The van der Waals surface area contributed by atoms with Crippen LogP contribution in [0.1, 0.15) is 32.6 Å². The second-order valence-corrected chi connectivity index (χ2v) is 3.78. The summed E-state index contributed by atoms with van der Waals surface area (Å²) in [7, 11) is 0. The van der Waals surface area contributed by atoms with Crippen molar-refractivity contribution >= 4 is 5.91 Å². The Morgan fingerprint density at radius 1 is 1.71 bits per heavy atom. The Kier molecular flexibility index (Phi) is 4.90. The lowest BCUT2D eigenvalue weighted by atomic mass is 10.0. The van der Waals surface area contributed by atoms with Crippen molar-refractivity contribution < 1.29 is 9.53 Å². The molecule has 1 heterocycles. The quantitative estimate of drug-likeness (QED) is 0.652. The summed E-state index contributed by atoms with van der Waals surface area (Å²) in [5.74, 6) is -0.255. The van der Waals surface area contributed by atoms with E-state index in [1.807, 2.05) is 0 Å².